The zero-order valence-corrected chi connectivity index (χ0v) is 17.6. The SMILES string of the molecule is O=C(NC(c1ccccc1)c1ccc(P(O)O)cc1)c1cnc(-c2ccccn2)[nH]c1=O. The van der Waals surface area contributed by atoms with Crippen LogP contribution in [0, 0.1) is 0 Å². The molecule has 2 aromatic carbocycles. The molecule has 0 aliphatic rings. The summed E-state index contributed by atoms with van der Waals surface area (Å²) in [4.78, 5) is 55.3. The zero-order valence-electron chi connectivity index (χ0n) is 16.7. The maximum atomic E-state index is 13.0. The predicted octanol–water partition coefficient (Wildman–Crippen LogP) is 2.27. The number of aromatic amines is 1. The fraction of sp³-hybridized carbons (Fsp3) is 0.0435. The van der Waals surface area contributed by atoms with E-state index in [9.17, 15) is 19.4 Å². The summed E-state index contributed by atoms with van der Waals surface area (Å²) >= 11 is 0. The van der Waals surface area contributed by atoms with Gasteiger partial charge in [-0.15, -0.1) is 0 Å². The molecule has 0 aliphatic carbocycles. The summed E-state index contributed by atoms with van der Waals surface area (Å²) in [6.07, 6.45) is 2.82. The summed E-state index contributed by atoms with van der Waals surface area (Å²) in [6, 6.07) is 20.6. The van der Waals surface area contributed by atoms with Crippen LogP contribution in [0.25, 0.3) is 11.5 Å². The minimum absolute atomic E-state index is 0.128. The van der Waals surface area contributed by atoms with Crippen LogP contribution in [0.5, 0.6) is 0 Å². The summed E-state index contributed by atoms with van der Waals surface area (Å²) in [5.74, 6) is -0.317. The molecule has 1 amide bonds. The summed E-state index contributed by atoms with van der Waals surface area (Å²) in [7, 11) is -2.21. The first-order valence-corrected chi connectivity index (χ1v) is 10.9. The van der Waals surface area contributed by atoms with Crippen LogP contribution < -0.4 is 16.2 Å². The van der Waals surface area contributed by atoms with E-state index >= 15 is 0 Å². The highest BCUT2D eigenvalue weighted by Crippen LogP contribution is 2.26. The molecule has 1 atom stereocenters. The fourth-order valence-corrected chi connectivity index (χ4v) is 3.62. The summed E-state index contributed by atoms with van der Waals surface area (Å²) in [5, 5.41) is 3.28. The van der Waals surface area contributed by atoms with E-state index in [4.69, 9.17) is 0 Å². The van der Waals surface area contributed by atoms with E-state index < -0.39 is 25.9 Å². The maximum Gasteiger partial charge on any atom is 0.264 e. The van der Waals surface area contributed by atoms with Gasteiger partial charge in [-0.2, -0.15) is 0 Å². The van der Waals surface area contributed by atoms with Crippen molar-refractivity contribution in [2.75, 3.05) is 0 Å². The van der Waals surface area contributed by atoms with Crippen molar-refractivity contribution >= 4 is 19.6 Å². The molecule has 0 fully saturated rings. The van der Waals surface area contributed by atoms with Gasteiger partial charge in [-0.25, -0.2) is 4.98 Å². The number of pyridine rings is 1. The number of benzene rings is 2. The third-order valence-electron chi connectivity index (χ3n) is 4.82. The predicted molar refractivity (Wildman–Crippen MR) is 121 cm³/mol. The van der Waals surface area contributed by atoms with E-state index in [1.54, 1.807) is 48.7 Å². The highest BCUT2D eigenvalue weighted by atomic mass is 31.2. The normalized spacial score (nSPS) is 11.8. The Hall–Kier alpha value is -3.71. The first-order valence-electron chi connectivity index (χ1n) is 9.67. The van der Waals surface area contributed by atoms with Crippen LogP contribution in [0.15, 0.2) is 90.0 Å². The summed E-state index contributed by atoms with van der Waals surface area (Å²) in [6.45, 7) is 0. The number of hydrogen-bond donors (Lipinski definition) is 4. The Morgan fingerprint density at radius 1 is 0.906 bits per heavy atom. The average molecular weight is 446 g/mol. The van der Waals surface area contributed by atoms with Gasteiger partial charge in [0, 0.05) is 17.7 Å². The van der Waals surface area contributed by atoms with E-state index in [0.717, 1.165) is 11.1 Å². The number of amides is 1. The Morgan fingerprint density at radius 2 is 1.59 bits per heavy atom. The second kappa shape index (κ2) is 9.62. The molecule has 0 spiro atoms. The number of H-pyrrole nitrogens is 1. The topological polar surface area (TPSA) is 128 Å². The number of nitrogens with zero attached hydrogens (tertiary/aromatic N) is 2. The molecule has 2 heterocycles. The van der Waals surface area contributed by atoms with Crippen molar-refractivity contribution in [2.24, 2.45) is 0 Å². The van der Waals surface area contributed by atoms with Crippen LogP contribution >= 0.6 is 8.38 Å². The molecule has 0 saturated heterocycles. The number of hydrogen-bond acceptors (Lipinski definition) is 6. The van der Waals surface area contributed by atoms with E-state index in [1.165, 1.54) is 6.20 Å². The first-order chi connectivity index (χ1) is 15.5. The summed E-state index contributed by atoms with van der Waals surface area (Å²) < 4.78 is 0. The number of aromatic nitrogens is 3. The molecule has 160 valence electrons. The van der Waals surface area contributed by atoms with Crippen molar-refractivity contribution in [3.63, 3.8) is 0 Å². The molecule has 1 unspecified atom stereocenters. The molecule has 4 N–H and O–H groups in total. The fourth-order valence-electron chi connectivity index (χ4n) is 3.20. The van der Waals surface area contributed by atoms with Crippen molar-refractivity contribution in [3.8, 4) is 11.5 Å². The average Bonchev–Trinajstić information content (AvgIpc) is 2.83. The van der Waals surface area contributed by atoms with E-state index in [1.807, 2.05) is 30.3 Å². The molecule has 2 aromatic heterocycles. The van der Waals surface area contributed by atoms with Crippen LogP contribution in [0.3, 0.4) is 0 Å². The van der Waals surface area contributed by atoms with Gasteiger partial charge in [-0.05, 0) is 35.4 Å². The number of carbonyl (C=O) groups is 1. The lowest BCUT2D eigenvalue weighted by molar-refractivity contribution is 0.0941. The quantitative estimate of drug-likeness (QED) is 0.337. The lowest BCUT2D eigenvalue weighted by Crippen LogP contribution is -2.33. The van der Waals surface area contributed by atoms with Gasteiger partial charge in [0.15, 0.2) is 14.2 Å². The van der Waals surface area contributed by atoms with Crippen molar-refractivity contribution < 1.29 is 14.6 Å². The third kappa shape index (κ3) is 4.78. The Labute approximate surface area is 184 Å². The molecule has 0 bridgehead atoms. The third-order valence-corrected chi connectivity index (χ3v) is 5.58. The standard InChI is InChI=1S/C23H19N4O4P/c28-22(18-14-25-21(27-23(18)29)19-8-4-5-13-24-19)26-20(15-6-2-1-3-7-15)16-9-11-17(12-10-16)32(30)31/h1-14,20,30-31H,(H,26,28)(H,25,27,29). The van der Waals surface area contributed by atoms with E-state index in [-0.39, 0.29) is 11.4 Å². The molecular formula is C23H19N4O4P. The van der Waals surface area contributed by atoms with E-state index in [2.05, 4.69) is 20.3 Å². The second-order valence-corrected chi connectivity index (χ2v) is 7.98. The van der Waals surface area contributed by atoms with E-state index in [0.29, 0.717) is 11.0 Å². The van der Waals surface area contributed by atoms with Crippen molar-refractivity contribution in [2.45, 2.75) is 6.04 Å². The molecule has 32 heavy (non-hydrogen) atoms. The van der Waals surface area contributed by atoms with Gasteiger partial charge in [0.2, 0.25) is 0 Å². The maximum absolute atomic E-state index is 13.0. The van der Waals surface area contributed by atoms with Gasteiger partial charge >= 0.3 is 0 Å². The van der Waals surface area contributed by atoms with Crippen molar-refractivity contribution in [1.82, 2.24) is 20.3 Å². The second-order valence-electron chi connectivity index (χ2n) is 6.89. The largest absolute Gasteiger partial charge is 0.347 e. The minimum Gasteiger partial charge on any atom is -0.347 e. The highest BCUT2D eigenvalue weighted by molar-refractivity contribution is 7.54. The Morgan fingerprint density at radius 3 is 2.22 bits per heavy atom. The molecule has 0 radical (unpaired) electrons. The number of rotatable bonds is 6. The lowest BCUT2D eigenvalue weighted by atomic mass is 9.98. The van der Waals surface area contributed by atoms with Gasteiger partial charge in [-0.3, -0.25) is 14.6 Å². The zero-order chi connectivity index (χ0) is 22.5. The van der Waals surface area contributed by atoms with Gasteiger partial charge in [0.1, 0.15) is 11.3 Å². The number of carbonyl (C=O) groups excluding carboxylic acids is 1. The van der Waals surface area contributed by atoms with Crippen LogP contribution in [-0.4, -0.2) is 30.6 Å². The van der Waals surface area contributed by atoms with Crippen molar-refractivity contribution in [3.05, 3.63) is 112 Å². The molecule has 4 aromatic rings. The molecule has 4 rings (SSSR count). The Kier molecular flexibility index (Phi) is 6.47. The minimum atomic E-state index is -2.21. The molecule has 9 heteroatoms. The van der Waals surface area contributed by atoms with Crippen LogP contribution in [-0.2, 0) is 0 Å². The Bertz CT molecular complexity index is 1260. The van der Waals surface area contributed by atoms with Gasteiger partial charge in [-0.1, -0.05) is 48.5 Å². The number of nitrogens with one attached hydrogen (secondary N) is 2. The summed E-state index contributed by atoms with van der Waals surface area (Å²) in [5.41, 5.74) is 1.31. The molecule has 0 saturated carbocycles. The van der Waals surface area contributed by atoms with Crippen LogP contribution in [0.4, 0.5) is 0 Å². The van der Waals surface area contributed by atoms with Crippen molar-refractivity contribution in [1.29, 1.82) is 0 Å². The first kappa shape index (κ1) is 21.5. The molecule has 8 nitrogen and oxygen atoms in total. The monoisotopic (exact) mass is 446 g/mol. The van der Waals surface area contributed by atoms with Gasteiger partial charge in [0.05, 0.1) is 6.04 Å². The van der Waals surface area contributed by atoms with Gasteiger partial charge in [0.25, 0.3) is 11.5 Å². The Balaban J connectivity index is 1.64. The molecular weight excluding hydrogens is 427 g/mol. The van der Waals surface area contributed by atoms with Crippen LogP contribution in [0.1, 0.15) is 27.5 Å². The lowest BCUT2D eigenvalue weighted by Gasteiger charge is -2.20. The van der Waals surface area contributed by atoms with Gasteiger partial charge < -0.3 is 20.1 Å². The van der Waals surface area contributed by atoms with Crippen LogP contribution in [0.2, 0.25) is 0 Å². The highest BCUT2D eigenvalue weighted by Gasteiger charge is 2.21. The smallest absolute Gasteiger partial charge is 0.264 e. The molecule has 0 aliphatic heterocycles.